The van der Waals surface area contributed by atoms with E-state index in [4.69, 9.17) is 26.4 Å². The minimum atomic E-state index is -0.228. The number of thioether (sulfide) groups is 1. The van der Waals surface area contributed by atoms with E-state index in [0.29, 0.717) is 42.0 Å². The summed E-state index contributed by atoms with van der Waals surface area (Å²) >= 11 is 10.3. The molecule has 8 heteroatoms. The number of methoxy groups -OCH3 is 2. The van der Waals surface area contributed by atoms with Gasteiger partial charge in [-0.3, -0.25) is 9.69 Å². The Kier molecular flexibility index (Phi) is 7.34. The molecular formula is C16H20BrNO4S2. The highest BCUT2D eigenvalue weighted by Crippen LogP contribution is 2.37. The first-order chi connectivity index (χ1) is 11.5. The first kappa shape index (κ1) is 19.5. The number of hydrogen-bond acceptors (Lipinski definition) is 6. The maximum absolute atomic E-state index is 12.6. The number of nitrogens with zero attached hydrogens (tertiary/aromatic N) is 1. The van der Waals surface area contributed by atoms with Gasteiger partial charge < -0.3 is 14.2 Å². The lowest BCUT2D eigenvalue weighted by molar-refractivity contribution is -0.126. The van der Waals surface area contributed by atoms with Crippen LogP contribution in [0.1, 0.15) is 12.5 Å². The first-order valence-corrected chi connectivity index (χ1v) is 9.60. The fourth-order valence-electron chi connectivity index (χ4n) is 2.37. The van der Waals surface area contributed by atoms with Gasteiger partial charge in [0, 0.05) is 11.6 Å². The van der Waals surface area contributed by atoms with Crippen LogP contribution < -0.4 is 9.47 Å². The second kappa shape index (κ2) is 9.03. The second-order valence-corrected chi connectivity index (χ2v) is 7.78. The maximum atomic E-state index is 12.6. The van der Waals surface area contributed by atoms with Gasteiger partial charge >= 0.3 is 0 Å². The van der Waals surface area contributed by atoms with E-state index in [1.54, 1.807) is 19.1 Å². The molecule has 1 aliphatic rings. The molecule has 0 N–H and O–H groups in total. The molecule has 0 aromatic heterocycles. The van der Waals surface area contributed by atoms with E-state index < -0.39 is 0 Å². The molecule has 132 valence electrons. The Balaban J connectivity index is 2.17. The van der Waals surface area contributed by atoms with Crippen LogP contribution in [-0.2, 0) is 16.0 Å². The Labute approximate surface area is 160 Å². The predicted molar refractivity (Wildman–Crippen MR) is 103 cm³/mol. The number of thiocarbonyl (C=S) groups is 1. The van der Waals surface area contributed by atoms with Crippen molar-refractivity contribution in [3.8, 4) is 11.5 Å². The molecule has 1 fully saturated rings. The Morgan fingerprint density at radius 2 is 2.08 bits per heavy atom. The van der Waals surface area contributed by atoms with E-state index >= 15 is 0 Å². The van der Waals surface area contributed by atoms with Crippen LogP contribution in [0.15, 0.2) is 16.6 Å². The molecule has 5 nitrogen and oxygen atoms in total. The molecule has 24 heavy (non-hydrogen) atoms. The van der Waals surface area contributed by atoms with Crippen molar-refractivity contribution < 1.29 is 19.0 Å². The summed E-state index contributed by atoms with van der Waals surface area (Å²) in [7, 11) is 3.21. The number of amides is 1. The summed E-state index contributed by atoms with van der Waals surface area (Å²) in [6.45, 7) is 3.43. The van der Waals surface area contributed by atoms with Crippen molar-refractivity contribution in [2.24, 2.45) is 0 Å². The van der Waals surface area contributed by atoms with Crippen LogP contribution in [0.4, 0.5) is 0 Å². The topological polar surface area (TPSA) is 48.0 Å². The van der Waals surface area contributed by atoms with Gasteiger partial charge in [0.2, 0.25) is 5.91 Å². The number of halogens is 1. The number of benzene rings is 1. The third-order valence-corrected chi connectivity index (χ3v) is 5.88. The average Bonchev–Trinajstić information content (AvgIpc) is 2.82. The molecule has 0 spiro atoms. The quantitative estimate of drug-likeness (QED) is 0.586. The predicted octanol–water partition coefficient (Wildman–Crippen LogP) is 3.27. The third-order valence-electron chi connectivity index (χ3n) is 3.56. The molecule has 1 saturated heterocycles. The smallest absolute Gasteiger partial charge is 0.242 e. The monoisotopic (exact) mass is 433 g/mol. The number of hydrogen-bond donors (Lipinski definition) is 0. The van der Waals surface area contributed by atoms with Crippen molar-refractivity contribution >= 4 is 50.1 Å². The minimum Gasteiger partial charge on any atom is -0.493 e. The maximum Gasteiger partial charge on any atom is 0.242 e. The summed E-state index contributed by atoms with van der Waals surface area (Å²) in [5.74, 6) is 1.37. The zero-order valence-corrected chi connectivity index (χ0v) is 17.1. The number of carbonyl (C=O) groups is 1. The van der Waals surface area contributed by atoms with Gasteiger partial charge in [-0.15, -0.1) is 0 Å². The third kappa shape index (κ3) is 4.41. The van der Waals surface area contributed by atoms with Crippen LogP contribution >= 0.6 is 39.9 Å². The Bertz CT molecular complexity index is 626. The Morgan fingerprint density at radius 3 is 2.71 bits per heavy atom. The molecule has 1 atom stereocenters. The van der Waals surface area contributed by atoms with Gasteiger partial charge in [0.25, 0.3) is 0 Å². The number of ether oxygens (including phenoxy) is 3. The van der Waals surface area contributed by atoms with E-state index in [-0.39, 0.29) is 11.2 Å². The van der Waals surface area contributed by atoms with E-state index in [1.807, 2.05) is 19.1 Å². The van der Waals surface area contributed by atoms with Gasteiger partial charge in [0.05, 0.1) is 32.1 Å². The lowest BCUT2D eigenvalue weighted by atomic mass is 10.1. The molecule has 0 radical (unpaired) electrons. The van der Waals surface area contributed by atoms with Gasteiger partial charge in [-0.25, -0.2) is 0 Å². The summed E-state index contributed by atoms with van der Waals surface area (Å²) in [5.41, 5.74) is 0.987. The van der Waals surface area contributed by atoms with E-state index in [0.717, 1.165) is 10.0 Å². The highest BCUT2D eigenvalue weighted by Gasteiger charge is 2.37. The lowest BCUT2D eigenvalue weighted by Crippen LogP contribution is -2.34. The standard InChI is InChI=1S/C16H20BrNO4S2/c1-4-22-13-7-10(11(17)9-12(13)21-3)8-14-15(19)18(5-6-20-2)16(23)24-14/h7,9,14H,4-6,8H2,1-3H3/t14-/m1/s1. The minimum absolute atomic E-state index is 0.0303. The van der Waals surface area contributed by atoms with Crippen LogP contribution in [0, 0.1) is 0 Å². The van der Waals surface area contributed by atoms with Crippen molar-refractivity contribution in [3.05, 3.63) is 22.2 Å². The van der Waals surface area contributed by atoms with Crippen LogP contribution in [-0.4, -0.2) is 54.4 Å². The molecule has 1 aromatic carbocycles. The molecule has 1 heterocycles. The Morgan fingerprint density at radius 1 is 1.33 bits per heavy atom. The zero-order chi connectivity index (χ0) is 17.7. The summed E-state index contributed by atoms with van der Waals surface area (Å²) < 4.78 is 17.5. The second-order valence-electron chi connectivity index (χ2n) is 5.09. The molecule has 1 amide bonds. The lowest BCUT2D eigenvalue weighted by Gasteiger charge is -2.16. The highest BCUT2D eigenvalue weighted by molar-refractivity contribution is 9.10. The number of carbonyl (C=O) groups excluding carboxylic acids is 1. The molecule has 1 aliphatic heterocycles. The van der Waals surface area contributed by atoms with Crippen LogP contribution in [0.5, 0.6) is 11.5 Å². The fraction of sp³-hybridized carbons (Fsp3) is 0.500. The normalized spacial score (nSPS) is 17.5. The SMILES string of the molecule is CCOc1cc(C[C@H]2SC(=S)N(CCOC)C2=O)c(Br)cc1OC. The summed E-state index contributed by atoms with van der Waals surface area (Å²) in [4.78, 5) is 14.2. The van der Waals surface area contributed by atoms with Crippen molar-refractivity contribution in [2.75, 3.05) is 34.0 Å². The molecular weight excluding hydrogens is 414 g/mol. The largest absolute Gasteiger partial charge is 0.493 e. The fourth-order valence-corrected chi connectivity index (χ4v) is 4.43. The van der Waals surface area contributed by atoms with Crippen molar-refractivity contribution in [3.63, 3.8) is 0 Å². The highest BCUT2D eigenvalue weighted by atomic mass is 79.9. The molecule has 2 rings (SSSR count). The van der Waals surface area contributed by atoms with Crippen LogP contribution in [0.25, 0.3) is 0 Å². The van der Waals surface area contributed by atoms with Gasteiger partial charge in [0.15, 0.2) is 11.5 Å². The van der Waals surface area contributed by atoms with E-state index in [1.165, 1.54) is 11.8 Å². The van der Waals surface area contributed by atoms with Crippen molar-refractivity contribution in [1.29, 1.82) is 0 Å². The van der Waals surface area contributed by atoms with Crippen LogP contribution in [0.2, 0.25) is 0 Å². The summed E-state index contributed by atoms with van der Waals surface area (Å²) in [5, 5.41) is -0.228. The zero-order valence-electron chi connectivity index (χ0n) is 13.8. The summed E-state index contributed by atoms with van der Waals surface area (Å²) in [6.07, 6.45) is 0.567. The molecule has 0 bridgehead atoms. The molecule has 0 aliphatic carbocycles. The number of rotatable bonds is 8. The van der Waals surface area contributed by atoms with E-state index in [2.05, 4.69) is 15.9 Å². The average molecular weight is 434 g/mol. The Hall–Kier alpha value is -0.830. The van der Waals surface area contributed by atoms with Gasteiger partial charge in [-0.1, -0.05) is 39.9 Å². The van der Waals surface area contributed by atoms with Gasteiger partial charge in [-0.2, -0.15) is 0 Å². The van der Waals surface area contributed by atoms with Crippen LogP contribution in [0.3, 0.4) is 0 Å². The van der Waals surface area contributed by atoms with Crippen molar-refractivity contribution in [1.82, 2.24) is 4.90 Å². The molecule has 0 saturated carbocycles. The molecule has 0 unspecified atom stereocenters. The van der Waals surface area contributed by atoms with E-state index in [9.17, 15) is 4.79 Å². The van der Waals surface area contributed by atoms with Gasteiger partial charge in [-0.05, 0) is 31.0 Å². The summed E-state index contributed by atoms with van der Waals surface area (Å²) in [6, 6.07) is 3.78. The van der Waals surface area contributed by atoms with Crippen molar-refractivity contribution in [2.45, 2.75) is 18.6 Å². The van der Waals surface area contributed by atoms with Gasteiger partial charge in [0.1, 0.15) is 4.32 Å². The first-order valence-electron chi connectivity index (χ1n) is 7.51. The molecule has 1 aromatic rings.